The summed E-state index contributed by atoms with van der Waals surface area (Å²) in [4.78, 5) is 12.4. The zero-order valence-corrected chi connectivity index (χ0v) is 13.3. The molecule has 0 saturated carbocycles. The van der Waals surface area contributed by atoms with E-state index < -0.39 is 0 Å². The quantitative estimate of drug-likeness (QED) is 0.926. The Bertz CT molecular complexity index is 462. The third-order valence-corrected chi connectivity index (χ3v) is 3.89. The number of aromatic nitrogens is 1. The molecule has 19 heavy (non-hydrogen) atoms. The molecule has 0 radical (unpaired) electrons. The first-order valence-corrected chi connectivity index (χ1v) is 7.48. The fourth-order valence-electron chi connectivity index (χ4n) is 2.43. The summed E-state index contributed by atoms with van der Waals surface area (Å²) in [5.41, 5.74) is 0.433. The Morgan fingerprint density at radius 3 is 2.89 bits per heavy atom. The van der Waals surface area contributed by atoms with E-state index in [2.05, 4.69) is 35.1 Å². The monoisotopic (exact) mass is 328 g/mol. The minimum Gasteiger partial charge on any atom is -0.379 e. The molecule has 0 spiro atoms. The summed E-state index contributed by atoms with van der Waals surface area (Å²) < 4.78 is 8.38. The van der Waals surface area contributed by atoms with E-state index in [1.807, 2.05) is 23.8 Å². The Morgan fingerprint density at radius 2 is 2.32 bits per heavy atom. The molecule has 106 valence electrons. The van der Waals surface area contributed by atoms with Gasteiger partial charge in [-0.15, -0.1) is 0 Å². The highest BCUT2D eigenvalue weighted by molar-refractivity contribution is 9.10. The Kier molecular flexibility index (Phi) is 4.36. The predicted molar refractivity (Wildman–Crippen MR) is 78.4 cm³/mol. The van der Waals surface area contributed by atoms with E-state index in [-0.39, 0.29) is 17.5 Å². The van der Waals surface area contributed by atoms with Crippen molar-refractivity contribution in [1.29, 1.82) is 0 Å². The molecule has 1 aliphatic heterocycles. The third kappa shape index (κ3) is 3.39. The van der Waals surface area contributed by atoms with Gasteiger partial charge in [0.05, 0.1) is 12.1 Å². The molecule has 1 amide bonds. The van der Waals surface area contributed by atoms with Crippen LogP contribution in [-0.2, 0) is 4.74 Å². The van der Waals surface area contributed by atoms with E-state index in [0.29, 0.717) is 12.3 Å². The van der Waals surface area contributed by atoms with Gasteiger partial charge in [-0.05, 0) is 55.6 Å². The van der Waals surface area contributed by atoms with Crippen molar-refractivity contribution in [2.45, 2.75) is 45.2 Å². The number of hydrogen-bond donors (Lipinski definition) is 1. The first-order valence-electron chi connectivity index (χ1n) is 6.69. The molecule has 0 bridgehead atoms. The Balaban J connectivity index is 2.15. The van der Waals surface area contributed by atoms with Crippen molar-refractivity contribution >= 4 is 21.8 Å². The van der Waals surface area contributed by atoms with Crippen LogP contribution in [0.1, 0.15) is 50.1 Å². The number of rotatable bonds is 3. The number of nitrogens with zero attached hydrogens (tertiary/aromatic N) is 1. The molecule has 1 aromatic heterocycles. The second-order valence-corrected chi connectivity index (χ2v) is 6.63. The van der Waals surface area contributed by atoms with Crippen LogP contribution in [0.2, 0.25) is 0 Å². The molecular weight excluding hydrogens is 308 g/mol. The normalized spacial score (nSPS) is 23.6. The van der Waals surface area contributed by atoms with E-state index in [1.54, 1.807) is 0 Å². The number of ether oxygens (including phenoxy) is 1. The lowest BCUT2D eigenvalue weighted by molar-refractivity contribution is 0.0270. The van der Waals surface area contributed by atoms with Crippen LogP contribution in [0.3, 0.4) is 0 Å². The molecular formula is C14H21BrN2O2. The average molecular weight is 329 g/mol. The Labute approximate surface area is 122 Å². The van der Waals surface area contributed by atoms with Crippen molar-refractivity contribution in [3.8, 4) is 0 Å². The molecule has 1 N–H and O–H groups in total. The van der Waals surface area contributed by atoms with Gasteiger partial charge in [-0.25, -0.2) is 0 Å². The summed E-state index contributed by atoms with van der Waals surface area (Å²) in [6.07, 6.45) is 3.90. The van der Waals surface area contributed by atoms with Crippen molar-refractivity contribution in [3.05, 3.63) is 22.4 Å². The molecule has 1 saturated heterocycles. The summed E-state index contributed by atoms with van der Waals surface area (Å²) in [5.74, 6) is -0.0348. The first kappa shape index (κ1) is 14.6. The number of amides is 1. The topological polar surface area (TPSA) is 43.3 Å². The van der Waals surface area contributed by atoms with Crippen molar-refractivity contribution in [2.75, 3.05) is 13.2 Å². The van der Waals surface area contributed by atoms with Gasteiger partial charge in [0.2, 0.25) is 0 Å². The van der Waals surface area contributed by atoms with Gasteiger partial charge in [0.1, 0.15) is 5.69 Å². The molecule has 2 heterocycles. The third-order valence-electron chi connectivity index (χ3n) is 3.46. The number of hydrogen-bond acceptors (Lipinski definition) is 2. The summed E-state index contributed by atoms with van der Waals surface area (Å²) in [6.45, 7) is 7.55. The zero-order valence-electron chi connectivity index (χ0n) is 11.7. The number of halogens is 1. The maximum atomic E-state index is 12.4. The van der Waals surface area contributed by atoms with Crippen molar-refractivity contribution < 1.29 is 9.53 Å². The molecule has 1 atom stereocenters. The van der Waals surface area contributed by atoms with Gasteiger partial charge in [0, 0.05) is 23.3 Å². The minimum atomic E-state index is -0.256. The number of carbonyl (C=O) groups excluding carboxylic acids is 1. The Morgan fingerprint density at radius 1 is 1.58 bits per heavy atom. The summed E-state index contributed by atoms with van der Waals surface area (Å²) in [5, 5.41) is 3.11. The first-order chi connectivity index (χ1) is 8.91. The molecule has 5 heteroatoms. The summed E-state index contributed by atoms with van der Waals surface area (Å²) >= 11 is 3.43. The van der Waals surface area contributed by atoms with Gasteiger partial charge in [-0.3, -0.25) is 4.79 Å². The number of carbonyl (C=O) groups is 1. The van der Waals surface area contributed by atoms with Gasteiger partial charge >= 0.3 is 0 Å². The van der Waals surface area contributed by atoms with Crippen LogP contribution < -0.4 is 5.32 Å². The van der Waals surface area contributed by atoms with Crippen molar-refractivity contribution in [1.82, 2.24) is 9.88 Å². The van der Waals surface area contributed by atoms with Crippen molar-refractivity contribution in [2.24, 2.45) is 0 Å². The lowest BCUT2D eigenvalue weighted by Crippen LogP contribution is -2.51. The highest BCUT2D eigenvalue weighted by Gasteiger charge is 2.30. The SMILES string of the molecule is CC(C)n1cc(Br)cc1C(=O)NC1(C)CCCOC1. The van der Waals surface area contributed by atoms with Crippen LogP contribution in [0.5, 0.6) is 0 Å². The zero-order chi connectivity index (χ0) is 14.0. The fraction of sp³-hybridized carbons (Fsp3) is 0.643. The highest BCUT2D eigenvalue weighted by Crippen LogP contribution is 2.22. The van der Waals surface area contributed by atoms with Gasteiger partial charge < -0.3 is 14.6 Å². The fourth-order valence-corrected chi connectivity index (χ4v) is 2.86. The molecule has 1 fully saturated rings. The molecule has 4 nitrogen and oxygen atoms in total. The second-order valence-electron chi connectivity index (χ2n) is 5.72. The summed E-state index contributed by atoms with van der Waals surface area (Å²) in [7, 11) is 0. The maximum absolute atomic E-state index is 12.4. The van der Waals surface area contributed by atoms with E-state index in [1.165, 1.54) is 0 Å². The molecule has 1 aromatic rings. The number of nitrogens with one attached hydrogen (secondary N) is 1. The van der Waals surface area contributed by atoms with Gasteiger partial charge in [-0.2, -0.15) is 0 Å². The maximum Gasteiger partial charge on any atom is 0.268 e. The van der Waals surface area contributed by atoms with Crippen LogP contribution >= 0.6 is 15.9 Å². The smallest absolute Gasteiger partial charge is 0.268 e. The molecule has 0 aromatic carbocycles. The predicted octanol–water partition coefficient (Wildman–Crippen LogP) is 3.13. The van der Waals surface area contributed by atoms with Crippen LogP contribution in [0, 0.1) is 0 Å². The minimum absolute atomic E-state index is 0.0348. The molecule has 2 rings (SSSR count). The van der Waals surface area contributed by atoms with Gasteiger partial charge in [0.25, 0.3) is 5.91 Å². The lowest BCUT2D eigenvalue weighted by Gasteiger charge is -2.34. The summed E-state index contributed by atoms with van der Waals surface area (Å²) in [6, 6.07) is 2.12. The molecule has 1 aliphatic rings. The van der Waals surface area contributed by atoms with Gasteiger partial charge in [-0.1, -0.05) is 0 Å². The van der Waals surface area contributed by atoms with Crippen LogP contribution in [0.15, 0.2) is 16.7 Å². The van der Waals surface area contributed by atoms with Gasteiger partial charge in [0.15, 0.2) is 0 Å². The van der Waals surface area contributed by atoms with Crippen LogP contribution in [0.25, 0.3) is 0 Å². The largest absolute Gasteiger partial charge is 0.379 e. The second kappa shape index (κ2) is 5.67. The Hall–Kier alpha value is -0.810. The molecule has 1 unspecified atom stereocenters. The van der Waals surface area contributed by atoms with E-state index in [4.69, 9.17) is 4.74 Å². The van der Waals surface area contributed by atoms with Crippen molar-refractivity contribution in [3.63, 3.8) is 0 Å². The van der Waals surface area contributed by atoms with E-state index in [9.17, 15) is 4.79 Å². The molecule has 0 aliphatic carbocycles. The van der Waals surface area contributed by atoms with E-state index in [0.717, 1.165) is 23.9 Å². The van der Waals surface area contributed by atoms with Crippen LogP contribution in [0.4, 0.5) is 0 Å². The highest BCUT2D eigenvalue weighted by atomic mass is 79.9. The standard InChI is InChI=1S/C14H21BrN2O2/c1-10(2)17-8-11(15)7-12(17)13(18)16-14(3)5-4-6-19-9-14/h7-8,10H,4-6,9H2,1-3H3,(H,16,18). The lowest BCUT2D eigenvalue weighted by atomic mass is 9.95. The van der Waals surface area contributed by atoms with Crippen LogP contribution in [-0.4, -0.2) is 29.2 Å². The average Bonchev–Trinajstić information content (AvgIpc) is 2.72. The van der Waals surface area contributed by atoms with E-state index >= 15 is 0 Å².